The number of carbonyl (C=O) groups excluding carboxylic acids is 1. The maximum atomic E-state index is 11.8. The standard InChI is InChI=1S/C19H17IO3/c1-19(2,22-14-15-8-4-3-5-9-15)12-13-20-17-11-7-6-10-16(17)18(21)23-20/h3-11H,14H2,1-2H3. The molecular formula is C19H17IO3. The molecule has 0 radical (unpaired) electrons. The summed E-state index contributed by atoms with van der Waals surface area (Å²) in [5, 5.41) is 0. The summed E-state index contributed by atoms with van der Waals surface area (Å²) in [6, 6.07) is 17.5. The summed E-state index contributed by atoms with van der Waals surface area (Å²) in [5.74, 6) is 2.91. The number of benzene rings is 2. The van der Waals surface area contributed by atoms with E-state index in [4.69, 9.17) is 7.80 Å². The molecule has 0 saturated carbocycles. The Morgan fingerprint density at radius 2 is 1.78 bits per heavy atom. The van der Waals surface area contributed by atoms with Crippen molar-refractivity contribution in [3.8, 4) is 9.85 Å². The SMILES string of the molecule is CC(C)(C#CI1OC(=O)c2ccccc21)OCc1ccccc1. The van der Waals surface area contributed by atoms with Gasteiger partial charge in [-0.25, -0.2) is 0 Å². The van der Waals surface area contributed by atoms with Gasteiger partial charge in [0.15, 0.2) is 0 Å². The summed E-state index contributed by atoms with van der Waals surface area (Å²) < 4.78 is 15.5. The van der Waals surface area contributed by atoms with Crippen LogP contribution in [0.2, 0.25) is 0 Å². The number of hydrogen-bond acceptors (Lipinski definition) is 3. The predicted molar refractivity (Wildman–Crippen MR) is 97.7 cm³/mol. The van der Waals surface area contributed by atoms with Crippen molar-refractivity contribution in [2.45, 2.75) is 26.1 Å². The van der Waals surface area contributed by atoms with E-state index in [1.165, 1.54) is 0 Å². The topological polar surface area (TPSA) is 35.5 Å². The molecule has 0 atom stereocenters. The van der Waals surface area contributed by atoms with Crippen LogP contribution < -0.4 is 0 Å². The van der Waals surface area contributed by atoms with Crippen molar-refractivity contribution in [1.82, 2.24) is 0 Å². The fourth-order valence-corrected chi connectivity index (χ4v) is 5.66. The molecule has 1 heterocycles. The molecule has 2 aromatic rings. The molecule has 23 heavy (non-hydrogen) atoms. The molecule has 0 unspecified atom stereocenters. The van der Waals surface area contributed by atoms with Crippen molar-refractivity contribution >= 4 is 26.2 Å². The number of rotatable bonds is 3. The number of ether oxygens (including phenoxy) is 1. The molecule has 1 aliphatic rings. The van der Waals surface area contributed by atoms with Gasteiger partial charge in [0.25, 0.3) is 0 Å². The number of fused-ring (bicyclic) bond motifs is 1. The van der Waals surface area contributed by atoms with E-state index in [1.807, 2.05) is 62.4 Å². The molecule has 0 aliphatic carbocycles. The van der Waals surface area contributed by atoms with E-state index < -0.39 is 25.8 Å². The quantitative estimate of drug-likeness (QED) is 0.546. The molecule has 0 bridgehead atoms. The summed E-state index contributed by atoms with van der Waals surface area (Å²) in [6.45, 7) is 4.37. The average molecular weight is 420 g/mol. The predicted octanol–water partition coefficient (Wildman–Crippen LogP) is 4.40. The van der Waals surface area contributed by atoms with Crippen LogP contribution in [-0.2, 0) is 14.4 Å². The number of halogens is 1. The van der Waals surface area contributed by atoms with Gasteiger partial charge in [-0.05, 0) is 0 Å². The van der Waals surface area contributed by atoms with Crippen molar-refractivity contribution in [2.75, 3.05) is 0 Å². The Labute approximate surface area is 143 Å². The molecule has 0 fully saturated rings. The first kappa shape index (κ1) is 16.0. The van der Waals surface area contributed by atoms with Gasteiger partial charge in [-0.1, -0.05) is 0 Å². The third-order valence-corrected chi connectivity index (χ3v) is 6.90. The summed E-state index contributed by atoms with van der Waals surface area (Å²) in [6.07, 6.45) is 0. The van der Waals surface area contributed by atoms with E-state index >= 15 is 0 Å². The zero-order valence-electron chi connectivity index (χ0n) is 13.0. The fourth-order valence-electron chi connectivity index (χ4n) is 2.03. The maximum absolute atomic E-state index is 11.8. The van der Waals surface area contributed by atoms with Gasteiger partial charge in [0.05, 0.1) is 0 Å². The zero-order chi connectivity index (χ0) is 16.3. The van der Waals surface area contributed by atoms with Gasteiger partial charge in [-0.3, -0.25) is 0 Å². The molecule has 3 nitrogen and oxygen atoms in total. The fraction of sp³-hybridized carbons (Fsp3) is 0.211. The van der Waals surface area contributed by atoms with Gasteiger partial charge >= 0.3 is 144 Å². The first-order valence-electron chi connectivity index (χ1n) is 7.27. The first-order chi connectivity index (χ1) is 11.1. The molecule has 1 aliphatic heterocycles. The Morgan fingerprint density at radius 3 is 2.57 bits per heavy atom. The average Bonchev–Trinajstić information content (AvgIpc) is 2.89. The number of hydrogen-bond donors (Lipinski definition) is 0. The Balaban J connectivity index is 1.70. The molecule has 4 heteroatoms. The Hall–Kier alpha value is -1.84. The van der Waals surface area contributed by atoms with Crippen molar-refractivity contribution in [3.63, 3.8) is 0 Å². The van der Waals surface area contributed by atoms with E-state index in [1.54, 1.807) is 6.07 Å². The second-order valence-electron chi connectivity index (χ2n) is 5.60. The van der Waals surface area contributed by atoms with E-state index in [9.17, 15) is 4.79 Å². The Morgan fingerprint density at radius 1 is 1.09 bits per heavy atom. The summed E-state index contributed by atoms with van der Waals surface area (Å²) in [7, 11) is 0. The van der Waals surface area contributed by atoms with E-state index in [0.29, 0.717) is 12.2 Å². The van der Waals surface area contributed by atoms with E-state index in [0.717, 1.165) is 9.13 Å². The third-order valence-electron chi connectivity index (χ3n) is 3.30. The van der Waals surface area contributed by atoms with Crippen LogP contribution in [0.25, 0.3) is 0 Å². The van der Waals surface area contributed by atoms with Crippen molar-refractivity contribution in [2.24, 2.45) is 0 Å². The van der Waals surface area contributed by atoms with E-state index in [2.05, 4.69) is 9.85 Å². The van der Waals surface area contributed by atoms with Gasteiger partial charge in [-0.15, -0.1) is 0 Å². The van der Waals surface area contributed by atoms with Crippen LogP contribution in [-0.4, -0.2) is 11.6 Å². The van der Waals surface area contributed by atoms with Crippen molar-refractivity contribution in [3.05, 3.63) is 69.3 Å². The van der Waals surface area contributed by atoms with Gasteiger partial charge in [0.1, 0.15) is 0 Å². The van der Waals surface area contributed by atoms with Crippen LogP contribution in [0, 0.1) is 13.4 Å². The van der Waals surface area contributed by atoms with Crippen LogP contribution in [0.4, 0.5) is 0 Å². The Bertz CT molecular complexity index is 772. The molecule has 0 N–H and O–H groups in total. The monoisotopic (exact) mass is 420 g/mol. The van der Waals surface area contributed by atoms with Gasteiger partial charge < -0.3 is 0 Å². The first-order valence-corrected chi connectivity index (χ1v) is 10.3. The number of carbonyl (C=O) groups is 1. The minimum atomic E-state index is -2.22. The van der Waals surface area contributed by atoms with Crippen LogP contribution in [0.15, 0.2) is 54.6 Å². The molecule has 3 rings (SSSR count). The second kappa shape index (κ2) is 6.73. The second-order valence-corrected chi connectivity index (χ2v) is 9.16. The molecule has 0 saturated heterocycles. The van der Waals surface area contributed by atoms with Crippen LogP contribution in [0.3, 0.4) is 0 Å². The third kappa shape index (κ3) is 3.92. The summed E-state index contributed by atoms with van der Waals surface area (Å²) in [5.41, 5.74) is 1.19. The minimum absolute atomic E-state index is 0.247. The molecule has 2 aromatic carbocycles. The molecular weight excluding hydrogens is 403 g/mol. The normalized spacial score (nSPS) is 14.7. The summed E-state index contributed by atoms with van der Waals surface area (Å²) >= 11 is -2.22. The van der Waals surface area contributed by atoms with Crippen LogP contribution >= 0.6 is 20.2 Å². The Kier molecular flexibility index (Phi) is 4.69. The molecule has 0 amide bonds. The zero-order valence-corrected chi connectivity index (χ0v) is 15.2. The van der Waals surface area contributed by atoms with E-state index in [-0.39, 0.29) is 5.97 Å². The van der Waals surface area contributed by atoms with Crippen molar-refractivity contribution < 1.29 is 12.6 Å². The van der Waals surface area contributed by atoms with Crippen LogP contribution in [0.1, 0.15) is 29.8 Å². The molecule has 0 aromatic heterocycles. The molecule has 0 spiro atoms. The van der Waals surface area contributed by atoms with Crippen LogP contribution in [0.5, 0.6) is 0 Å². The summed E-state index contributed by atoms with van der Waals surface area (Å²) in [4.78, 5) is 11.8. The van der Waals surface area contributed by atoms with Gasteiger partial charge in [0.2, 0.25) is 0 Å². The van der Waals surface area contributed by atoms with Gasteiger partial charge in [-0.2, -0.15) is 0 Å². The van der Waals surface area contributed by atoms with Crippen molar-refractivity contribution in [1.29, 1.82) is 0 Å². The van der Waals surface area contributed by atoms with Gasteiger partial charge in [0, 0.05) is 0 Å². The molecule has 118 valence electrons.